The van der Waals surface area contributed by atoms with Gasteiger partial charge in [-0.05, 0) is 12.3 Å². The van der Waals surface area contributed by atoms with Crippen molar-refractivity contribution >= 4 is 6.09 Å². The predicted octanol–water partition coefficient (Wildman–Crippen LogP) is 2.28. The molecule has 0 aliphatic heterocycles. The lowest BCUT2D eigenvalue weighted by atomic mass is 10.2. The first-order valence-corrected chi connectivity index (χ1v) is 4.45. The van der Waals surface area contributed by atoms with Crippen molar-refractivity contribution < 1.29 is 9.53 Å². The first kappa shape index (κ1) is 14.7. The van der Waals surface area contributed by atoms with Crippen LogP contribution in [0.3, 0.4) is 0 Å². The molecule has 4 nitrogen and oxygen atoms in total. The summed E-state index contributed by atoms with van der Waals surface area (Å²) in [5.41, 5.74) is 0. The van der Waals surface area contributed by atoms with Gasteiger partial charge in [0, 0.05) is 13.6 Å². The highest BCUT2D eigenvalue weighted by molar-refractivity contribution is 5.67. The van der Waals surface area contributed by atoms with Crippen LogP contribution in [0.5, 0.6) is 0 Å². The topological polar surface area (TPSA) is 64.5 Å². The van der Waals surface area contributed by atoms with Crippen molar-refractivity contribution in [1.29, 1.82) is 0 Å². The van der Waals surface area contributed by atoms with Crippen LogP contribution in [0, 0.1) is 5.92 Å². The molecule has 0 aromatic carbocycles. The summed E-state index contributed by atoms with van der Waals surface area (Å²) < 4.78 is 4.94. The SMILES string of the molecule is CCCOC(=O)N(C)CC(C)C.N. The van der Waals surface area contributed by atoms with Gasteiger partial charge in [-0.1, -0.05) is 20.8 Å². The summed E-state index contributed by atoms with van der Waals surface area (Å²) in [5.74, 6) is 0.490. The number of amides is 1. The zero-order valence-corrected chi connectivity index (χ0v) is 9.17. The van der Waals surface area contributed by atoms with Crippen molar-refractivity contribution in [3.05, 3.63) is 0 Å². The van der Waals surface area contributed by atoms with E-state index in [4.69, 9.17) is 4.74 Å². The van der Waals surface area contributed by atoms with E-state index in [0.29, 0.717) is 12.5 Å². The quantitative estimate of drug-likeness (QED) is 0.739. The summed E-state index contributed by atoms with van der Waals surface area (Å²) in [4.78, 5) is 12.8. The molecule has 0 rings (SSSR count). The monoisotopic (exact) mass is 190 g/mol. The molecule has 13 heavy (non-hydrogen) atoms. The van der Waals surface area contributed by atoms with Gasteiger partial charge < -0.3 is 15.8 Å². The second-order valence-electron chi connectivity index (χ2n) is 3.39. The van der Waals surface area contributed by atoms with Crippen molar-refractivity contribution in [1.82, 2.24) is 11.1 Å². The van der Waals surface area contributed by atoms with Crippen molar-refractivity contribution in [2.75, 3.05) is 20.2 Å². The second kappa shape index (κ2) is 7.86. The minimum Gasteiger partial charge on any atom is -0.449 e. The molecule has 0 aromatic rings. The number of carbonyl (C=O) groups is 1. The van der Waals surface area contributed by atoms with Crippen LogP contribution in [-0.4, -0.2) is 31.2 Å². The van der Waals surface area contributed by atoms with E-state index in [1.807, 2.05) is 6.92 Å². The number of ether oxygens (including phenoxy) is 1. The molecule has 0 saturated carbocycles. The molecule has 0 saturated heterocycles. The van der Waals surface area contributed by atoms with Gasteiger partial charge in [0.25, 0.3) is 0 Å². The first-order valence-electron chi connectivity index (χ1n) is 4.45. The van der Waals surface area contributed by atoms with Crippen LogP contribution in [0.15, 0.2) is 0 Å². The van der Waals surface area contributed by atoms with Crippen LogP contribution < -0.4 is 6.15 Å². The lowest BCUT2D eigenvalue weighted by molar-refractivity contribution is 0.107. The van der Waals surface area contributed by atoms with Crippen LogP contribution in [-0.2, 0) is 4.74 Å². The van der Waals surface area contributed by atoms with E-state index in [2.05, 4.69) is 13.8 Å². The molecule has 0 spiro atoms. The fraction of sp³-hybridized carbons (Fsp3) is 0.889. The molecule has 4 heteroatoms. The summed E-state index contributed by atoms with van der Waals surface area (Å²) >= 11 is 0. The van der Waals surface area contributed by atoms with Gasteiger partial charge in [0.1, 0.15) is 0 Å². The van der Waals surface area contributed by atoms with E-state index in [0.717, 1.165) is 13.0 Å². The molecule has 1 amide bonds. The highest BCUT2D eigenvalue weighted by Crippen LogP contribution is 1.98. The van der Waals surface area contributed by atoms with Gasteiger partial charge in [-0.15, -0.1) is 0 Å². The van der Waals surface area contributed by atoms with E-state index in [1.165, 1.54) is 0 Å². The molecule has 3 N–H and O–H groups in total. The molecule has 80 valence electrons. The summed E-state index contributed by atoms with van der Waals surface area (Å²) in [6.07, 6.45) is 0.659. The Kier molecular flexibility index (Phi) is 8.91. The highest BCUT2D eigenvalue weighted by Gasteiger charge is 2.09. The molecular weight excluding hydrogens is 168 g/mol. The molecule has 0 aliphatic rings. The number of nitrogens with zero attached hydrogens (tertiary/aromatic N) is 1. The Bertz CT molecular complexity index is 138. The van der Waals surface area contributed by atoms with Crippen LogP contribution in [0.25, 0.3) is 0 Å². The minimum atomic E-state index is -0.217. The Morgan fingerprint density at radius 3 is 2.38 bits per heavy atom. The van der Waals surface area contributed by atoms with Crippen molar-refractivity contribution in [2.24, 2.45) is 5.92 Å². The molecule has 0 atom stereocenters. The zero-order valence-electron chi connectivity index (χ0n) is 9.17. The number of hydrogen-bond acceptors (Lipinski definition) is 3. The summed E-state index contributed by atoms with van der Waals surface area (Å²) in [6, 6.07) is 0. The van der Waals surface area contributed by atoms with E-state index in [-0.39, 0.29) is 12.2 Å². The Balaban J connectivity index is 0. The third kappa shape index (κ3) is 7.59. The van der Waals surface area contributed by atoms with Gasteiger partial charge in [0.15, 0.2) is 0 Å². The minimum absolute atomic E-state index is 0. The molecular formula is C9H22N2O2. The summed E-state index contributed by atoms with van der Waals surface area (Å²) in [7, 11) is 1.76. The second-order valence-corrected chi connectivity index (χ2v) is 3.39. The van der Waals surface area contributed by atoms with E-state index in [9.17, 15) is 4.79 Å². The predicted molar refractivity (Wildman–Crippen MR) is 54.1 cm³/mol. The van der Waals surface area contributed by atoms with Gasteiger partial charge in [-0.25, -0.2) is 4.79 Å². The highest BCUT2D eigenvalue weighted by atomic mass is 16.6. The average Bonchev–Trinajstić information content (AvgIpc) is 1.98. The van der Waals surface area contributed by atoms with Gasteiger partial charge in [0.2, 0.25) is 0 Å². The summed E-state index contributed by atoms with van der Waals surface area (Å²) in [6.45, 7) is 7.40. The van der Waals surface area contributed by atoms with Crippen LogP contribution in [0.2, 0.25) is 0 Å². The van der Waals surface area contributed by atoms with Crippen LogP contribution in [0.4, 0.5) is 4.79 Å². The third-order valence-corrected chi connectivity index (χ3v) is 1.38. The Morgan fingerprint density at radius 1 is 1.46 bits per heavy atom. The first-order chi connectivity index (χ1) is 5.57. The molecule has 0 unspecified atom stereocenters. The normalized spacial score (nSPS) is 9.31. The standard InChI is InChI=1S/C9H19NO2.H3N/c1-5-6-12-9(11)10(4)7-8(2)3;/h8H,5-7H2,1-4H3;1H3. The maximum Gasteiger partial charge on any atom is 0.409 e. The molecule has 0 fully saturated rings. The zero-order chi connectivity index (χ0) is 9.56. The molecule has 0 bridgehead atoms. The van der Waals surface area contributed by atoms with E-state index < -0.39 is 0 Å². The summed E-state index contributed by atoms with van der Waals surface area (Å²) in [5, 5.41) is 0. The molecule has 0 radical (unpaired) electrons. The number of carbonyl (C=O) groups excluding carboxylic acids is 1. The fourth-order valence-electron chi connectivity index (χ4n) is 0.922. The fourth-order valence-corrected chi connectivity index (χ4v) is 0.922. The maximum atomic E-state index is 11.1. The Morgan fingerprint density at radius 2 is 2.00 bits per heavy atom. The van der Waals surface area contributed by atoms with E-state index in [1.54, 1.807) is 11.9 Å². The van der Waals surface area contributed by atoms with Crippen molar-refractivity contribution in [3.8, 4) is 0 Å². The van der Waals surface area contributed by atoms with Crippen molar-refractivity contribution in [3.63, 3.8) is 0 Å². The maximum absolute atomic E-state index is 11.1. The Hall–Kier alpha value is -0.770. The average molecular weight is 190 g/mol. The van der Waals surface area contributed by atoms with Gasteiger partial charge >= 0.3 is 6.09 Å². The number of rotatable bonds is 4. The van der Waals surface area contributed by atoms with Gasteiger partial charge in [-0.3, -0.25) is 0 Å². The largest absolute Gasteiger partial charge is 0.449 e. The van der Waals surface area contributed by atoms with Gasteiger partial charge in [-0.2, -0.15) is 0 Å². The molecule has 0 aromatic heterocycles. The number of hydrogen-bond donors (Lipinski definition) is 1. The molecule has 0 heterocycles. The van der Waals surface area contributed by atoms with Gasteiger partial charge in [0.05, 0.1) is 6.61 Å². The molecule has 0 aliphatic carbocycles. The lowest BCUT2D eigenvalue weighted by Gasteiger charge is -2.18. The van der Waals surface area contributed by atoms with E-state index >= 15 is 0 Å². The van der Waals surface area contributed by atoms with Crippen LogP contribution >= 0.6 is 0 Å². The van der Waals surface area contributed by atoms with Crippen molar-refractivity contribution in [2.45, 2.75) is 27.2 Å². The lowest BCUT2D eigenvalue weighted by Crippen LogP contribution is -2.30. The smallest absolute Gasteiger partial charge is 0.409 e. The Labute approximate surface area is 80.8 Å². The van der Waals surface area contributed by atoms with Crippen LogP contribution in [0.1, 0.15) is 27.2 Å². The third-order valence-electron chi connectivity index (χ3n) is 1.38.